The molecule has 92 valence electrons. The number of pyridine rings is 1. The molecule has 0 radical (unpaired) electrons. The summed E-state index contributed by atoms with van der Waals surface area (Å²) in [7, 11) is -3.69. The molecular formula is C9H10ClN3O3S. The van der Waals surface area contributed by atoms with E-state index < -0.39 is 15.3 Å². The number of halogens is 1. The summed E-state index contributed by atoms with van der Waals surface area (Å²) in [5.74, 6) is -0.284. The van der Waals surface area contributed by atoms with Crippen molar-refractivity contribution in [2.75, 3.05) is 11.4 Å². The molecule has 6 nitrogen and oxygen atoms in total. The van der Waals surface area contributed by atoms with Crippen LogP contribution in [0.4, 0.5) is 5.69 Å². The van der Waals surface area contributed by atoms with E-state index in [2.05, 4.69) is 4.98 Å². The van der Waals surface area contributed by atoms with E-state index in [1.807, 2.05) is 0 Å². The number of anilines is 1. The minimum atomic E-state index is -3.69. The number of sulfonamides is 1. The molecule has 1 aromatic heterocycles. The summed E-state index contributed by atoms with van der Waals surface area (Å²) < 4.78 is 22.3. The first-order chi connectivity index (χ1) is 7.88. The Kier molecular flexibility index (Phi) is 3.07. The van der Waals surface area contributed by atoms with Gasteiger partial charge in [-0.15, -0.1) is 0 Å². The molecule has 1 aromatic rings. The number of aromatic nitrogens is 1. The number of nitrogens with two attached hydrogens (primary N) is 1. The van der Waals surface area contributed by atoms with E-state index in [4.69, 9.17) is 16.7 Å². The Labute approximate surface area is 103 Å². The van der Waals surface area contributed by atoms with E-state index in [1.165, 1.54) is 17.2 Å². The van der Waals surface area contributed by atoms with E-state index in [0.717, 1.165) is 0 Å². The van der Waals surface area contributed by atoms with E-state index >= 15 is 0 Å². The maximum atomic E-state index is 11.7. The van der Waals surface area contributed by atoms with E-state index in [-0.39, 0.29) is 18.9 Å². The third-order valence-electron chi connectivity index (χ3n) is 2.58. The highest BCUT2D eigenvalue weighted by atomic mass is 35.5. The van der Waals surface area contributed by atoms with Crippen LogP contribution in [0.2, 0.25) is 5.15 Å². The average Bonchev–Trinajstić information content (AvgIpc) is 2.61. The predicted octanol–water partition coefficient (Wildman–Crippen LogP) is 0.129. The van der Waals surface area contributed by atoms with Gasteiger partial charge in [-0.2, -0.15) is 0 Å². The van der Waals surface area contributed by atoms with Gasteiger partial charge >= 0.3 is 0 Å². The Balaban J connectivity index is 2.24. The van der Waals surface area contributed by atoms with E-state index in [1.54, 1.807) is 6.07 Å². The predicted molar refractivity (Wildman–Crippen MR) is 63.1 cm³/mol. The largest absolute Gasteiger partial charge is 0.309 e. The van der Waals surface area contributed by atoms with Crippen molar-refractivity contribution in [3.63, 3.8) is 0 Å². The van der Waals surface area contributed by atoms with Gasteiger partial charge in [0.1, 0.15) is 10.4 Å². The minimum absolute atomic E-state index is 0.0565. The number of primary sulfonamides is 1. The van der Waals surface area contributed by atoms with Crippen LogP contribution < -0.4 is 10.0 Å². The summed E-state index contributed by atoms with van der Waals surface area (Å²) in [5, 5.41) is 4.48. The lowest BCUT2D eigenvalue weighted by Gasteiger charge is -2.15. The highest BCUT2D eigenvalue weighted by Gasteiger charge is 2.37. The Morgan fingerprint density at radius 1 is 1.47 bits per heavy atom. The molecule has 8 heteroatoms. The maximum absolute atomic E-state index is 11.7. The van der Waals surface area contributed by atoms with Gasteiger partial charge in [0, 0.05) is 13.0 Å². The first-order valence-electron chi connectivity index (χ1n) is 4.81. The fourth-order valence-electron chi connectivity index (χ4n) is 1.67. The van der Waals surface area contributed by atoms with Crippen LogP contribution in [0.5, 0.6) is 0 Å². The molecule has 0 bridgehead atoms. The van der Waals surface area contributed by atoms with Crippen molar-refractivity contribution < 1.29 is 13.2 Å². The Morgan fingerprint density at radius 2 is 2.18 bits per heavy atom. The first kappa shape index (κ1) is 12.3. The van der Waals surface area contributed by atoms with Crippen LogP contribution in [0.1, 0.15) is 6.42 Å². The molecule has 2 N–H and O–H groups in total. The van der Waals surface area contributed by atoms with Crippen LogP contribution in [0.25, 0.3) is 0 Å². The summed E-state index contributed by atoms with van der Waals surface area (Å²) in [6.07, 6.45) is 1.33. The number of rotatable bonds is 2. The standard InChI is InChI=1S/C9H10ClN3O3S/c10-8-2-1-6(4-12-8)13-5-7(3-9(13)14)17(11,15)16/h1-2,4,7H,3,5H2,(H2,11,15,16). The van der Waals surface area contributed by atoms with Gasteiger partial charge in [0.25, 0.3) is 0 Å². The molecule has 1 aliphatic rings. The third kappa shape index (κ3) is 2.56. The first-order valence-corrected chi connectivity index (χ1v) is 6.80. The Bertz CT molecular complexity index is 543. The summed E-state index contributed by atoms with van der Waals surface area (Å²) in [4.78, 5) is 16.8. The van der Waals surface area contributed by atoms with Crippen LogP contribution >= 0.6 is 11.6 Å². The van der Waals surface area contributed by atoms with Crippen LogP contribution in [0.15, 0.2) is 18.3 Å². The number of carbonyl (C=O) groups excluding carboxylic acids is 1. The highest BCUT2D eigenvalue weighted by molar-refractivity contribution is 7.89. The summed E-state index contributed by atoms with van der Waals surface area (Å²) >= 11 is 5.63. The number of hydrogen-bond donors (Lipinski definition) is 1. The molecule has 1 unspecified atom stereocenters. The maximum Gasteiger partial charge on any atom is 0.228 e. The fourth-order valence-corrected chi connectivity index (χ4v) is 2.52. The van der Waals surface area contributed by atoms with Crippen molar-refractivity contribution >= 4 is 33.2 Å². The summed E-state index contributed by atoms with van der Waals surface area (Å²) in [6, 6.07) is 3.15. The third-order valence-corrected chi connectivity index (χ3v) is 4.05. The molecule has 2 heterocycles. The Hall–Kier alpha value is -1.18. The molecule has 1 amide bonds. The SMILES string of the molecule is NS(=O)(=O)C1CC(=O)N(c2ccc(Cl)nc2)C1. The second-order valence-corrected chi connectivity index (χ2v) is 5.99. The molecule has 1 atom stereocenters. The van der Waals surface area contributed by atoms with E-state index in [0.29, 0.717) is 10.8 Å². The zero-order valence-electron chi connectivity index (χ0n) is 8.71. The highest BCUT2D eigenvalue weighted by Crippen LogP contribution is 2.24. The normalized spacial score (nSPS) is 20.9. The quantitative estimate of drug-likeness (QED) is 0.776. The average molecular weight is 276 g/mol. The van der Waals surface area contributed by atoms with Gasteiger partial charge in [-0.05, 0) is 12.1 Å². The number of carbonyl (C=O) groups is 1. The van der Waals surface area contributed by atoms with Crippen LogP contribution in [0, 0.1) is 0 Å². The number of nitrogens with zero attached hydrogens (tertiary/aromatic N) is 2. The molecule has 17 heavy (non-hydrogen) atoms. The fraction of sp³-hybridized carbons (Fsp3) is 0.333. The van der Waals surface area contributed by atoms with Gasteiger partial charge in [0.15, 0.2) is 0 Å². The molecule has 1 aliphatic heterocycles. The molecule has 0 aromatic carbocycles. The minimum Gasteiger partial charge on any atom is -0.309 e. The number of hydrogen-bond acceptors (Lipinski definition) is 4. The van der Waals surface area contributed by atoms with E-state index in [9.17, 15) is 13.2 Å². The molecule has 0 aliphatic carbocycles. The lowest BCUT2D eigenvalue weighted by Crippen LogP contribution is -2.32. The van der Waals surface area contributed by atoms with Crippen LogP contribution in [-0.2, 0) is 14.8 Å². The zero-order valence-corrected chi connectivity index (χ0v) is 10.3. The smallest absolute Gasteiger partial charge is 0.228 e. The zero-order chi connectivity index (χ0) is 12.6. The lowest BCUT2D eigenvalue weighted by molar-refractivity contribution is -0.117. The van der Waals surface area contributed by atoms with Gasteiger partial charge in [0.2, 0.25) is 15.9 Å². The molecule has 0 saturated carbocycles. The molecule has 0 spiro atoms. The van der Waals surface area contributed by atoms with Gasteiger partial charge in [-0.1, -0.05) is 11.6 Å². The van der Waals surface area contributed by atoms with Gasteiger partial charge < -0.3 is 4.90 Å². The molecule has 1 saturated heterocycles. The van der Waals surface area contributed by atoms with Crippen molar-refractivity contribution in [3.8, 4) is 0 Å². The van der Waals surface area contributed by atoms with Crippen LogP contribution in [0.3, 0.4) is 0 Å². The topological polar surface area (TPSA) is 93.4 Å². The molecule has 2 rings (SSSR count). The van der Waals surface area contributed by atoms with Crippen molar-refractivity contribution in [1.82, 2.24) is 4.98 Å². The van der Waals surface area contributed by atoms with Crippen molar-refractivity contribution in [2.45, 2.75) is 11.7 Å². The second-order valence-electron chi connectivity index (χ2n) is 3.76. The Morgan fingerprint density at radius 3 is 2.65 bits per heavy atom. The lowest BCUT2D eigenvalue weighted by atomic mass is 10.4. The summed E-state index contributed by atoms with van der Waals surface area (Å²) in [5.41, 5.74) is 0.519. The van der Waals surface area contributed by atoms with Gasteiger partial charge in [-0.25, -0.2) is 18.5 Å². The van der Waals surface area contributed by atoms with Crippen molar-refractivity contribution in [3.05, 3.63) is 23.5 Å². The van der Waals surface area contributed by atoms with Gasteiger partial charge in [0.05, 0.1) is 11.9 Å². The van der Waals surface area contributed by atoms with Gasteiger partial charge in [-0.3, -0.25) is 4.79 Å². The van der Waals surface area contributed by atoms with Crippen molar-refractivity contribution in [1.29, 1.82) is 0 Å². The summed E-state index contributed by atoms with van der Waals surface area (Å²) in [6.45, 7) is 0.0565. The monoisotopic (exact) mass is 275 g/mol. The van der Waals surface area contributed by atoms with Crippen molar-refractivity contribution in [2.24, 2.45) is 5.14 Å². The second kappa shape index (κ2) is 4.25. The number of amides is 1. The molecular weight excluding hydrogens is 266 g/mol. The van der Waals surface area contributed by atoms with Crippen LogP contribution in [-0.4, -0.2) is 31.1 Å². The molecule has 1 fully saturated rings.